The van der Waals surface area contributed by atoms with E-state index in [1.165, 1.54) is 0 Å². The van der Waals surface area contributed by atoms with Crippen LogP contribution in [0.3, 0.4) is 0 Å². The van der Waals surface area contributed by atoms with Gasteiger partial charge in [-0.15, -0.1) is 11.6 Å². The Hall–Kier alpha value is -1.22. The Labute approximate surface area is 112 Å². The predicted molar refractivity (Wildman–Crippen MR) is 72.4 cm³/mol. The summed E-state index contributed by atoms with van der Waals surface area (Å²) in [6, 6.07) is 7.23. The molecule has 0 aliphatic heterocycles. The molecule has 4 heteroatoms. The van der Waals surface area contributed by atoms with Crippen LogP contribution >= 0.6 is 11.6 Å². The summed E-state index contributed by atoms with van der Waals surface area (Å²) >= 11 is 5.85. The van der Waals surface area contributed by atoms with Gasteiger partial charge in [0.05, 0.1) is 11.6 Å². The molecular formula is C14H18ClNO2. The van der Waals surface area contributed by atoms with Gasteiger partial charge in [0.15, 0.2) is 0 Å². The topological polar surface area (TPSA) is 38.3 Å². The lowest BCUT2D eigenvalue weighted by atomic mass is 10.2. The summed E-state index contributed by atoms with van der Waals surface area (Å²) in [5.74, 6) is 1.11. The van der Waals surface area contributed by atoms with E-state index in [1.54, 1.807) is 12.1 Å². The lowest BCUT2D eigenvalue weighted by Gasteiger charge is -2.15. The van der Waals surface area contributed by atoms with Crippen LogP contribution in [-0.2, 0) is 0 Å². The molecule has 1 aromatic carbocycles. The Bertz CT molecular complexity index is 441. The number of rotatable bonds is 5. The van der Waals surface area contributed by atoms with E-state index >= 15 is 0 Å². The first-order valence-electron chi connectivity index (χ1n) is 6.20. The van der Waals surface area contributed by atoms with Crippen molar-refractivity contribution < 1.29 is 9.53 Å². The van der Waals surface area contributed by atoms with Gasteiger partial charge >= 0.3 is 0 Å². The molecule has 2 rings (SSSR count). The van der Waals surface area contributed by atoms with Crippen molar-refractivity contribution in [1.82, 2.24) is 5.32 Å². The molecule has 3 nitrogen and oxygen atoms in total. The zero-order chi connectivity index (χ0) is 13.2. The zero-order valence-corrected chi connectivity index (χ0v) is 11.5. The first-order chi connectivity index (χ1) is 8.54. The maximum Gasteiger partial charge on any atom is 0.251 e. The maximum atomic E-state index is 12.1. The molecule has 0 saturated heterocycles. The molecule has 1 amide bonds. The summed E-state index contributed by atoms with van der Waals surface area (Å²) in [6.45, 7) is 3.92. The fourth-order valence-corrected chi connectivity index (χ4v) is 2.07. The largest absolute Gasteiger partial charge is 0.491 e. The monoisotopic (exact) mass is 267 g/mol. The van der Waals surface area contributed by atoms with Crippen molar-refractivity contribution in [3.63, 3.8) is 0 Å². The molecule has 0 radical (unpaired) electrons. The van der Waals surface area contributed by atoms with Crippen LogP contribution in [0, 0.1) is 0 Å². The van der Waals surface area contributed by atoms with E-state index in [2.05, 4.69) is 5.32 Å². The van der Waals surface area contributed by atoms with Crippen molar-refractivity contribution >= 4 is 17.5 Å². The van der Waals surface area contributed by atoms with Crippen LogP contribution < -0.4 is 10.1 Å². The summed E-state index contributed by atoms with van der Waals surface area (Å²) in [7, 11) is 0. The Morgan fingerprint density at radius 1 is 1.50 bits per heavy atom. The molecule has 0 atom stereocenters. The summed E-state index contributed by atoms with van der Waals surface area (Å²) in [4.78, 5) is 12.1. The molecular weight excluding hydrogens is 250 g/mol. The minimum Gasteiger partial charge on any atom is -0.491 e. The number of ether oxygens (including phenoxy) is 1. The van der Waals surface area contributed by atoms with Crippen molar-refractivity contribution in [1.29, 1.82) is 0 Å². The van der Waals surface area contributed by atoms with Gasteiger partial charge in [-0.1, -0.05) is 6.07 Å². The number of hydrogen-bond acceptors (Lipinski definition) is 2. The highest BCUT2D eigenvalue weighted by Gasteiger charge is 2.43. The van der Waals surface area contributed by atoms with Gasteiger partial charge in [0.1, 0.15) is 5.75 Å². The second-order valence-electron chi connectivity index (χ2n) is 5.06. The Balaban J connectivity index is 2.06. The zero-order valence-electron chi connectivity index (χ0n) is 10.7. The van der Waals surface area contributed by atoms with Gasteiger partial charge in [0, 0.05) is 11.4 Å². The first-order valence-corrected chi connectivity index (χ1v) is 6.73. The van der Waals surface area contributed by atoms with Crippen molar-refractivity contribution in [3.05, 3.63) is 29.8 Å². The van der Waals surface area contributed by atoms with Crippen molar-refractivity contribution in [2.45, 2.75) is 38.3 Å². The minimum atomic E-state index is -0.173. The lowest BCUT2D eigenvalue weighted by Crippen LogP contribution is -2.38. The molecule has 1 aromatic rings. The normalized spacial score (nSPS) is 16.4. The van der Waals surface area contributed by atoms with Crippen molar-refractivity contribution in [2.24, 2.45) is 0 Å². The van der Waals surface area contributed by atoms with E-state index in [0.717, 1.165) is 12.8 Å². The third-order valence-electron chi connectivity index (χ3n) is 2.96. The predicted octanol–water partition coefficient (Wildman–Crippen LogP) is 2.98. The number of hydrogen-bond donors (Lipinski definition) is 1. The fraction of sp³-hybridized carbons (Fsp3) is 0.500. The van der Waals surface area contributed by atoms with E-state index in [0.29, 0.717) is 17.2 Å². The van der Waals surface area contributed by atoms with Crippen molar-refractivity contribution in [2.75, 3.05) is 5.88 Å². The van der Waals surface area contributed by atoms with Gasteiger partial charge in [-0.25, -0.2) is 0 Å². The highest BCUT2D eigenvalue weighted by atomic mass is 35.5. The average Bonchev–Trinajstić information content (AvgIpc) is 3.09. The molecule has 0 spiro atoms. The average molecular weight is 268 g/mol. The van der Waals surface area contributed by atoms with Crippen LogP contribution in [0.2, 0.25) is 0 Å². The molecule has 18 heavy (non-hydrogen) atoms. The number of alkyl halides is 1. The fourth-order valence-electron chi connectivity index (χ4n) is 1.74. The standard InChI is InChI=1S/C14H18ClNO2/c1-10(2)18-12-5-3-4-11(8-12)13(17)16-14(9-15)6-7-14/h3-5,8,10H,6-7,9H2,1-2H3,(H,16,17). The lowest BCUT2D eigenvalue weighted by molar-refractivity contribution is 0.0935. The van der Waals surface area contributed by atoms with Gasteiger partial charge in [-0.2, -0.15) is 0 Å². The van der Waals surface area contributed by atoms with Gasteiger partial charge in [-0.3, -0.25) is 4.79 Å². The third kappa shape index (κ3) is 3.16. The Kier molecular flexibility index (Phi) is 3.81. The molecule has 98 valence electrons. The van der Waals surface area contributed by atoms with E-state index in [4.69, 9.17) is 16.3 Å². The second kappa shape index (κ2) is 5.19. The number of nitrogens with one attached hydrogen (secondary N) is 1. The van der Waals surface area contributed by atoms with Crippen LogP contribution in [0.15, 0.2) is 24.3 Å². The van der Waals surface area contributed by atoms with Crippen LogP contribution in [-0.4, -0.2) is 23.4 Å². The summed E-state index contributed by atoms with van der Waals surface area (Å²) in [5.41, 5.74) is 0.442. The number of benzene rings is 1. The molecule has 1 fully saturated rings. The van der Waals surface area contributed by atoms with Gasteiger partial charge in [0.25, 0.3) is 5.91 Å². The van der Waals surface area contributed by atoms with E-state index in [1.807, 2.05) is 26.0 Å². The summed E-state index contributed by atoms with van der Waals surface area (Å²) < 4.78 is 5.57. The number of amides is 1. The van der Waals surface area contributed by atoms with Crippen LogP contribution in [0.4, 0.5) is 0 Å². The SMILES string of the molecule is CC(C)Oc1cccc(C(=O)NC2(CCl)CC2)c1. The molecule has 0 aromatic heterocycles. The smallest absolute Gasteiger partial charge is 0.251 e. The maximum absolute atomic E-state index is 12.1. The molecule has 1 saturated carbocycles. The van der Waals surface area contributed by atoms with Gasteiger partial charge < -0.3 is 10.1 Å². The van der Waals surface area contributed by atoms with E-state index in [-0.39, 0.29) is 17.6 Å². The number of carbonyl (C=O) groups is 1. The number of halogens is 1. The highest BCUT2D eigenvalue weighted by Crippen LogP contribution is 2.36. The Morgan fingerprint density at radius 2 is 2.22 bits per heavy atom. The Morgan fingerprint density at radius 3 is 2.78 bits per heavy atom. The molecule has 1 N–H and O–H groups in total. The molecule has 0 bridgehead atoms. The highest BCUT2D eigenvalue weighted by molar-refractivity contribution is 6.19. The minimum absolute atomic E-state index is 0.0812. The van der Waals surface area contributed by atoms with Gasteiger partial charge in [-0.05, 0) is 44.9 Å². The molecule has 0 unspecified atom stereocenters. The van der Waals surface area contributed by atoms with Crippen molar-refractivity contribution in [3.8, 4) is 5.75 Å². The van der Waals surface area contributed by atoms with E-state index in [9.17, 15) is 4.79 Å². The van der Waals surface area contributed by atoms with Crippen LogP contribution in [0.25, 0.3) is 0 Å². The van der Waals surface area contributed by atoms with Crippen LogP contribution in [0.5, 0.6) is 5.75 Å². The summed E-state index contributed by atoms with van der Waals surface area (Å²) in [5, 5.41) is 2.99. The van der Waals surface area contributed by atoms with E-state index < -0.39 is 0 Å². The first kappa shape index (κ1) is 13.2. The molecule has 1 aliphatic carbocycles. The number of carbonyl (C=O) groups excluding carboxylic acids is 1. The summed E-state index contributed by atoms with van der Waals surface area (Å²) in [6.07, 6.45) is 2.02. The van der Waals surface area contributed by atoms with Crippen LogP contribution in [0.1, 0.15) is 37.0 Å². The van der Waals surface area contributed by atoms with Gasteiger partial charge in [0.2, 0.25) is 0 Å². The third-order valence-corrected chi connectivity index (χ3v) is 3.47. The second-order valence-corrected chi connectivity index (χ2v) is 5.33. The molecule has 0 heterocycles. The quantitative estimate of drug-likeness (QED) is 0.833. The molecule has 1 aliphatic rings.